The average molecular weight is 330 g/mol. The number of ether oxygens (including phenoxy) is 1. The zero-order valence-electron chi connectivity index (χ0n) is 12.4. The minimum atomic E-state index is -3.68. The van der Waals surface area contributed by atoms with Crippen LogP contribution in [0.2, 0.25) is 0 Å². The number of benzene rings is 1. The van der Waals surface area contributed by atoms with Crippen LogP contribution in [0.3, 0.4) is 0 Å². The third-order valence-corrected chi connectivity index (χ3v) is 4.66. The van der Waals surface area contributed by atoms with Crippen LogP contribution in [0, 0.1) is 0 Å². The van der Waals surface area contributed by atoms with Crippen LogP contribution in [0.1, 0.15) is 10.4 Å². The summed E-state index contributed by atoms with van der Waals surface area (Å²) in [4.78, 5) is 23.3. The molecule has 9 heteroatoms. The van der Waals surface area contributed by atoms with Gasteiger partial charge in [0.15, 0.2) is 6.04 Å². The Bertz CT molecular complexity index is 656. The van der Waals surface area contributed by atoms with E-state index < -0.39 is 34.5 Å². The van der Waals surface area contributed by atoms with Crippen molar-refractivity contribution in [2.24, 2.45) is 0 Å². The molecule has 1 aromatic rings. The Morgan fingerprint density at radius 1 is 1.36 bits per heavy atom. The smallest absolute Gasteiger partial charge is 0.330 e. The highest BCUT2D eigenvalue weighted by Gasteiger charge is 2.23. The Hall–Kier alpha value is -1.97. The highest BCUT2D eigenvalue weighted by atomic mass is 32.2. The second kappa shape index (κ2) is 7.34. The van der Waals surface area contributed by atoms with Crippen molar-refractivity contribution in [3.05, 3.63) is 29.8 Å². The zero-order chi connectivity index (χ0) is 16.9. The molecule has 1 atom stereocenters. The van der Waals surface area contributed by atoms with Gasteiger partial charge in [0.2, 0.25) is 10.0 Å². The fourth-order valence-electron chi connectivity index (χ4n) is 1.57. The lowest BCUT2D eigenvalue weighted by Crippen LogP contribution is -2.44. The molecule has 0 aromatic heterocycles. The number of rotatable bonds is 6. The summed E-state index contributed by atoms with van der Waals surface area (Å²) in [5.74, 6) is -1.49. The number of aliphatic hydroxyl groups is 1. The Morgan fingerprint density at radius 2 is 2.00 bits per heavy atom. The van der Waals surface area contributed by atoms with Gasteiger partial charge in [-0.05, 0) is 18.2 Å². The second-order valence-electron chi connectivity index (χ2n) is 4.55. The molecule has 1 rings (SSSR count). The summed E-state index contributed by atoms with van der Waals surface area (Å²) >= 11 is 0. The van der Waals surface area contributed by atoms with E-state index in [1.54, 1.807) is 0 Å². The molecule has 0 radical (unpaired) electrons. The molecule has 0 aliphatic carbocycles. The highest BCUT2D eigenvalue weighted by Crippen LogP contribution is 2.15. The lowest BCUT2D eigenvalue weighted by Gasteiger charge is -2.15. The van der Waals surface area contributed by atoms with Gasteiger partial charge in [0.25, 0.3) is 5.91 Å². The van der Waals surface area contributed by atoms with Gasteiger partial charge in [-0.3, -0.25) is 4.79 Å². The number of amides is 1. The van der Waals surface area contributed by atoms with Gasteiger partial charge in [-0.2, -0.15) is 0 Å². The van der Waals surface area contributed by atoms with Crippen LogP contribution in [0.4, 0.5) is 0 Å². The maximum Gasteiger partial charge on any atom is 0.330 e. The molecule has 1 aromatic carbocycles. The van der Waals surface area contributed by atoms with E-state index >= 15 is 0 Å². The minimum absolute atomic E-state index is 0.0466. The molecule has 122 valence electrons. The summed E-state index contributed by atoms with van der Waals surface area (Å²) < 4.78 is 29.5. The van der Waals surface area contributed by atoms with E-state index in [1.165, 1.54) is 38.4 Å². The molecule has 2 N–H and O–H groups in total. The van der Waals surface area contributed by atoms with Crippen LogP contribution in [0.15, 0.2) is 29.2 Å². The first-order chi connectivity index (χ1) is 10.2. The molecule has 0 saturated carbocycles. The second-order valence-corrected chi connectivity index (χ2v) is 6.70. The van der Waals surface area contributed by atoms with Crippen LogP contribution in [0.5, 0.6) is 0 Å². The molecular weight excluding hydrogens is 312 g/mol. The number of carbonyl (C=O) groups excluding carboxylic acids is 2. The summed E-state index contributed by atoms with van der Waals surface area (Å²) in [6, 6.07) is 4.14. The van der Waals surface area contributed by atoms with E-state index in [2.05, 4.69) is 10.1 Å². The number of esters is 1. The summed E-state index contributed by atoms with van der Waals surface area (Å²) in [6.07, 6.45) is 0. The van der Waals surface area contributed by atoms with Gasteiger partial charge >= 0.3 is 5.97 Å². The van der Waals surface area contributed by atoms with Crippen molar-refractivity contribution in [3.63, 3.8) is 0 Å². The Morgan fingerprint density at radius 3 is 2.50 bits per heavy atom. The molecular formula is C13H18N2O6S. The van der Waals surface area contributed by atoms with Crippen LogP contribution < -0.4 is 5.32 Å². The van der Waals surface area contributed by atoms with E-state index in [-0.39, 0.29) is 10.5 Å². The molecule has 0 aliphatic heterocycles. The number of aliphatic hydroxyl groups excluding tert-OH is 1. The Kier molecular flexibility index (Phi) is 6.03. The molecule has 0 unspecified atom stereocenters. The van der Waals surface area contributed by atoms with Crippen LogP contribution in [0.25, 0.3) is 0 Å². The standard InChI is InChI=1S/C13H18N2O6S/c1-15(2)22(19,20)10-6-4-5-9(7-10)12(17)14-11(8-16)13(18)21-3/h4-7,11,16H,8H2,1-3H3,(H,14,17)/t11-/m1/s1. The maximum absolute atomic E-state index is 12.0. The highest BCUT2D eigenvalue weighted by molar-refractivity contribution is 7.89. The Labute approximate surface area is 128 Å². The normalized spacial score (nSPS) is 12.8. The van der Waals surface area contributed by atoms with Gasteiger partial charge in [-0.15, -0.1) is 0 Å². The van der Waals surface area contributed by atoms with Crippen molar-refractivity contribution >= 4 is 21.9 Å². The molecule has 0 heterocycles. The SMILES string of the molecule is COC(=O)[C@@H](CO)NC(=O)c1cccc(S(=O)(=O)N(C)C)c1. The molecule has 0 saturated heterocycles. The Balaban J connectivity index is 3.04. The van der Waals surface area contributed by atoms with E-state index in [0.29, 0.717) is 0 Å². The van der Waals surface area contributed by atoms with Gasteiger partial charge in [-0.25, -0.2) is 17.5 Å². The number of nitrogens with zero attached hydrogens (tertiary/aromatic N) is 1. The number of hydrogen-bond donors (Lipinski definition) is 2. The summed E-state index contributed by atoms with van der Waals surface area (Å²) in [5, 5.41) is 11.3. The largest absolute Gasteiger partial charge is 0.467 e. The molecule has 0 aliphatic rings. The third-order valence-electron chi connectivity index (χ3n) is 2.85. The van der Waals surface area contributed by atoms with Crippen molar-refractivity contribution in [2.75, 3.05) is 27.8 Å². The van der Waals surface area contributed by atoms with Gasteiger partial charge in [0, 0.05) is 19.7 Å². The molecule has 0 bridgehead atoms. The number of sulfonamides is 1. The fourth-order valence-corrected chi connectivity index (χ4v) is 2.52. The van der Waals surface area contributed by atoms with Crippen molar-refractivity contribution in [2.45, 2.75) is 10.9 Å². The summed E-state index contributed by atoms with van der Waals surface area (Å²) in [6.45, 7) is -0.631. The van der Waals surface area contributed by atoms with Crippen molar-refractivity contribution in [3.8, 4) is 0 Å². The minimum Gasteiger partial charge on any atom is -0.467 e. The maximum atomic E-state index is 12.0. The van der Waals surface area contributed by atoms with Crippen LogP contribution in [-0.4, -0.2) is 63.6 Å². The van der Waals surface area contributed by atoms with Gasteiger partial charge in [-0.1, -0.05) is 6.07 Å². The number of nitrogens with one attached hydrogen (secondary N) is 1. The van der Waals surface area contributed by atoms with E-state index in [1.807, 2.05) is 0 Å². The predicted molar refractivity (Wildman–Crippen MR) is 77.7 cm³/mol. The number of hydrogen-bond acceptors (Lipinski definition) is 6. The van der Waals surface area contributed by atoms with E-state index in [9.17, 15) is 18.0 Å². The zero-order valence-corrected chi connectivity index (χ0v) is 13.3. The fraction of sp³-hybridized carbons (Fsp3) is 0.385. The first-order valence-corrected chi connectivity index (χ1v) is 7.70. The molecule has 0 fully saturated rings. The van der Waals surface area contributed by atoms with Gasteiger partial charge in [0.05, 0.1) is 18.6 Å². The molecule has 0 spiro atoms. The third kappa shape index (κ3) is 4.03. The van der Waals surface area contributed by atoms with Crippen LogP contribution in [-0.2, 0) is 19.6 Å². The van der Waals surface area contributed by atoms with Crippen LogP contribution >= 0.6 is 0 Å². The number of methoxy groups -OCH3 is 1. The number of carbonyl (C=O) groups is 2. The summed E-state index contributed by atoms with van der Waals surface area (Å²) in [7, 11) is 0.203. The van der Waals surface area contributed by atoms with E-state index in [4.69, 9.17) is 5.11 Å². The molecule has 8 nitrogen and oxygen atoms in total. The lowest BCUT2D eigenvalue weighted by atomic mass is 10.2. The molecule has 1 amide bonds. The monoisotopic (exact) mass is 330 g/mol. The van der Waals surface area contributed by atoms with Crippen molar-refractivity contribution in [1.29, 1.82) is 0 Å². The lowest BCUT2D eigenvalue weighted by molar-refractivity contribution is -0.143. The quantitative estimate of drug-likeness (QED) is 0.660. The first-order valence-electron chi connectivity index (χ1n) is 6.26. The molecule has 22 heavy (non-hydrogen) atoms. The van der Waals surface area contributed by atoms with E-state index in [0.717, 1.165) is 11.4 Å². The first kappa shape index (κ1) is 18.1. The van der Waals surface area contributed by atoms with Crippen molar-refractivity contribution < 1.29 is 27.9 Å². The summed E-state index contributed by atoms with van der Waals surface area (Å²) in [5.41, 5.74) is 0.0466. The topological polar surface area (TPSA) is 113 Å². The average Bonchev–Trinajstić information content (AvgIpc) is 2.51. The predicted octanol–water partition coefficient (Wildman–Crippen LogP) is -0.799. The van der Waals surface area contributed by atoms with Gasteiger partial charge < -0.3 is 15.2 Å². The van der Waals surface area contributed by atoms with Crippen molar-refractivity contribution in [1.82, 2.24) is 9.62 Å². The van der Waals surface area contributed by atoms with Gasteiger partial charge in [0.1, 0.15) is 0 Å².